The first-order chi connectivity index (χ1) is 9.81. The first-order valence-electron chi connectivity index (χ1n) is 7.82. The first kappa shape index (κ1) is 13.9. The lowest BCUT2D eigenvalue weighted by molar-refractivity contribution is 0.102. The third-order valence-corrected chi connectivity index (χ3v) is 4.42. The Morgan fingerprint density at radius 3 is 2.20 bits per heavy atom. The molecule has 20 heavy (non-hydrogen) atoms. The summed E-state index contributed by atoms with van der Waals surface area (Å²) in [6, 6.07) is 9.06. The van der Waals surface area contributed by atoms with Crippen molar-refractivity contribution in [2.45, 2.75) is 19.4 Å². The molecule has 2 aliphatic heterocycles. The summed E-state index contributed by atoms with van der Waals surface area (Å²) in [4.78, 5) is 4.86. The quantitative estimate of drug-likeness (QED) is 0.899. The molecule has 4 nitrogen and oxygen atoms in total. The number of rotatable bonds is 4. The molecule has 0 saturated carbocycles. The van der Waals surface area contributed by atoms with E-state index in [1.54, 1.807) is 0 Å². The van der Waals surface area contributed by atoms with E-state index in [0.29, 0.717) is 0 Å². The highest BCUT2D eigenvalue weighted by molar-refractivity contribution is 5.48. The van der Waals surface area contributed by atoms with E-state index in [1.807, 2.05) is 0 Å². The maximum Gasteiger partial charge on any atom is 0.0366 e. The van der Waals surface area contributed by atoms with E-state index in [0.717, 1.165) is 32.7 Å². The fourth-order valence-corrected chi connectivity index (χ4v) is 2.97. The van der Waals surface area contributed by atoms with Crippen molar-refractivity contribution in [2.75, 3.05) is 51.2 Å². The van der Waals surface area contributed by atoms with E-state index >= 15 is 0 Å². The van der Waals surface area contributed by atoms with Gasteiger partial charge < -0.3 is 9.80 Å². The molecule has 0 aliphatic carbocycles. The van der Waals surface area contributed by atoms with Crippen LogP contribution in [-0.2, 0) is 6.54 Å². The fraction of sp³-hybridized carbons (Fsp3) is 0.625. The summed E-state index contributed by atoms with van der Waals surface area (Å²) in [5, 5.41) is 2.34. The van der Waals surface area contributed by atoms with Crippen molar-refractivity contribution in [1.29, 1.82) is 0 Å². The lowest BCUT2D eigenvalue weighted by atomic mass is 10.2. The monoisotopic (exact) mass is 274 g/mol. The minimum absolute atomic E-state index is 0.935. The van der Waals surface area contributed by atoms with Gasteiger partial charge in [-0.2, -0.15) is 0 Å². The van der Waals surface area contributed by atoms with E-state index in [9.17, 15) is 0 Å². The first-order valence-corrected chi connectivity index (χ1v) is 7.82. The number of benzene rings is 1. The molecule has 0 aromatic heterocycles. The molecular formula is C16H26N4. The number of nitrogens with zero attached hydrogens (tertiary/aromatic N) is 3. The predicted molar refractivity (Wildman–Crippen MR) is 83.8 cm³/mol. The molecule has 1 aromatic carbocycles. The third-order valence-electron chi connectivity index (χ3n) is 4.42. The number of anilines is 1. The molecule has 0 atom stereocenters. The summed E-state index contributed by atoms with van der Waals surface area (Å²) >= 11 is 0. The molecule has 0 amide bonds. The van der Waals surface area contributed by atoms with Crippen LogP contribution in [0.25, 0.3) is 0 Å². The summed E-state index contributed by atoms with van der Waals surface area (Å²) in [6.45, 7) is 7.91. The standard InChI is InChI=1S/C16H26N4/c1-18-10-12-20(13-11-18)17-14-15-4-6-16(7-5-15)19-8-2-3-9-19/h4-7,17H,2-3,8-14H2,1H3. The van der Waals surface area contributed by atoms with Gasteiger partial charge in [-0.15, -0.1) is 0 Å². The summed E-state index contributed by atoms with van der Waals surface area (Å²) in [5.74, 6) is 0. The summed E-state index contributed by atoms with van der Waals surface area (Å²) < 4.78 is 0. The van der Waals surface area contributed by atoms with Crippen molar-refractivity contribution in [2.24, 2.45) is 0 Å². The number of nitrogens with one attached hydrogen (secondary N) is 1. The van der Waals surface area contributed by atoms with E-state index in [2.05, 4.69) is 51.5 Å². The number of hydrogen-bond donors (Lipinski definition) is 1. The topological polar surface area (TPSA) is 21.8 Å². The average Bonchev–Trinajstić information content (AvgIpc) is 3.01. The van der Waals surface area contributed by atoms with Gasteiger partial charge in [0.05, 0.1) is 0 Å². The summed E-state index contributed by atoms with van der Waals surface area (Å²) in [5.41, 5.74) is 6.29. The zero-order valence-electron chi connectivity index (χ0n) is 12.5. The van der Waals surface area contributed by atoms with Crippen LogP contribution in [0.15, 0.2) is 24.3 Å². The van der Waals surface area contributed by atoms with Gasteiger partial charge in [0.2, 0.25) is 0 Å². The van der Waals surface area contributed by atoms with Gasteiger partial charge in [0.15, 0.2) is 0 Å². The maximum absolute atomic E-state index is 3.54. The van der Waals surface area contributed by atoms with Crippen LogP contribution in [0.4, 0.5) is 5.69 Å². The number of hydrazine groups is 1. The number of hydrogen-bond acceptors (Lipinski definition) is 4. The molecule has 1 N–H and O–H groups in total. The SMILES string of the molecule is CN1CCN(NCc2ccc(N3CCCC3)cc2)CC1. The molecule has 2 saturated heterocycles. The Morgan fingerprint density at radius 2 is 1.55 bits per heavy atom. The molecule has 0 unspecified atom stereocenters. The Balaban J connectivity index is 1.48. The highest BCUT2D eigenvalue weighted by Crippen LogP contribution is 2.20. The lowest BCUT2D eigenvalue weighted by Gasteiger charge is -2.32. The smallest absolute Gasteiger partial charge is 0.0366 e. The van der Waals surface area contributed by atoms with Crippen LogP contribution < -0.4 is 10.3 Å². The van der Waals surface area contributed by atoms with Crippen LogP contribution >= 0.6 is 0 Å². The fourth-order valence-electron chi connectivity index (χ4n) is 2.97. The van der Waals surface area contributed by atoms with E-state index in [4.69, 9.17) is 0 Å². The normalized spacial score (nSPS) is 21.6. The van der Waals surface area contributed by atoms with Gasteiger partial charge in [-0.1, -0.05) is 12.1 Å². The molecule has 0 bridgehead atoms. The van der Waals surface area contributed by atoms with Gasteiger partial charge in [-0.25, -0.2) is 5.01 Å². The van der Waals surface area contributed by atoms with Crippen LogP contribution in [0.1, 0.15) is 18.4 Å². The van der Waals surface area contributed by atoms with E-state index in [1.165, 1.54) is 37.2 Å². The van der Waals surface area contributed by atoms with Crippen LogP contribution in [0, 0.1) is 0 Å². The van der Waals surface area contributed by atoms with Crippen LogP contribution in [0.5, 0.6) is 0 Å². The molecule has 3 rings (SSSR count). The molecule has 1 aromatic rings. The second kappa shape index (κ2) is 6.57. The Labute approximate surface area is 122 Å². The zero-order chi connectivity index (χ0) is 13.8. The Hall–Kier alpha value is -1.10. The molecular weight excluding hydrogens is 248 g/mol. The van der Waals surface area contributed by atoms with Crippen molar-refractivity contribution >= 4 is 5.69 Å². The molecule has 0 radical (unpaired) electrons. The minimum atomic E-state index is 0.935. The second-order valence-electron chi connectivity index (χ2n) is 5.99. The van der Waals surface area contributed by atoms with Crippen LogP contribution in [-0.4, -0.2) is 56.2 Å². The highest BCUT2D eigenvalue weighted by atomic mass is 15.5. The van der Waals surface area contributed by atoms with Gasteiger partial charge in [0, 0.05) is 51.5 Å². The second-order valence-corrected chi connectivity index (χ2v) is 5.99. The van der Waals surface area contributed by atoms with Gasteiger partial charge in [0.25, 0.3) is 0 Å². The van der Waals surface area contributed by atoms with Gasteiger partial charge >= 0.3 is 0 Å². The molecule has 2 fully saturated rings. The van der Waals surface area contributed by atoms with Crippen LogP contribution in [0.3, 0.4) is 0 Å². The van der Waals surface area contributed by atoms with Crippen LogP contribution in [0.2, 0.25) is 0 Å². The van der Waals surface area contributed by atoms with Gasteiger partial charge in [0.1, 0.15) is 0 Å². The van der Waals surface area contributed by atoms with Crippen molar-refractivity contribution in [1.82, 2.24) is 15.3 Å². The zero-order valence-corrected chi connectivity index (χ0v) is 12.5. The number of piperazine rings is 1. The minimum Gasteiger partial charge on any atom is -0.372 e. The predicted octanol–water partition coefficient (Wildman–Crippen LogP) is 1.54. The molecule has 2 aliphatic rings. The molecule has 0 spiro atoms. The van der Waals surface area contributed by atoms with Crippen molar-refractivity contribution in [3.63, 3.8) is 0 Å². The Morgan fingerprint density at radius 1 is 0.900 bits per heavy atom. The molecule has 110 valence electrons. The number of likely N-dealkylation sites (N-methyl/N-ethyl adjacent to an activating group) is 1. The third kappa shape index (κ3) is 3.51. The van der Waals surface area contributed by atoms with E-state index in [-0.39, 0.29) is 0 Å². The van der Waals surface area contributed by atoms with Crippen molar-refractivity contribution in [3.8, 4) is 0 Å². The maximum atomic E-state index is 3.54. The van der Waals surface area contributed by atoms with Gasteiger partial charge in [-0.3, -0.25) is 5.43 Å². The Bertz CT molecular complexity index is 403. The highest BCUT2D eigenvalue weighted by Gasteiger charge is 2.14. The van der Waals surface area contributed by atoms with Gasteiger partial charge in [-0.05, 0) is 37.6 Å². The Kier molecular flexibility index (Phi) is 4.55. The molecule has 2 heterocycles. The molecule has 4 heteroatoms. The average molecular weight is 274 g/mol. The summed E-state index contributed by atoms with van der Waals surface area (Å²) in [6.07, 6.45) is 2.68. The van der Waals surface area contributed by atoms with Crippen molar-refractivity contribution in [3.05, 3.63) is 29.8 Å². The van der Waals surface area contributed by atoms with Crippen molar-refractivity contribution < 1.29 is 0 Å². The largest absolute Gasteiger partial charge is 0.372 e. The summed E-state index contributed by atoms with van der Waals surface area (Å²) in [7, 11) is 2.19. The lowest BCUT2D eigenvalue weighted by Crippen LogP contribution is -2.50. The van der Waals surface area contributed by atoms with E-state index < -0.39 is 0 Å².